The van der Waals surface area contributed by atoms with Gasteiger partial charge in [-0.2, -0.15) is 10.2 Å². The van der Waals surface area contributed by atoms with Crippen molar-refractivity contribution in [1.82, 2.24) is 34.5 Å². The lowest BCUT2D eigenvalue weighted by Gasteiger charge is -2.10. The van der Waals surface area contributed by atoms with Crippen LogP contribution in [0.15, 0.2) is 61.4 Å². The van der Waals surface area contributed by atoms with Gasteiger partial charge in [-0.05, 0) is 23.8 Å². The van der Waals surface area contributed by atoms with Gasteiger partial charge in [0.1, 0.15) is 0 Å². The molecule has 1 aromatic carbocycles. The zero-order valence-corrected chi connectivity index (χ0v) is 17.2. The molecule has 9 heteroatoms. The fourth-order valence-corrected chi connectivity index (χ4v) is 3.43. The summed E-state index contributed by atoms with van der Waals surface area (Å²) in [5.74, 6) is 0.901. The normalized spacial score (nSPS) is 11.2. The molecule has 154 valence electrons. The summed E-state index contributed by atoms with van der Waals surface area (Å²) in [5, 5.41) is 12.8. The average Bonchev–Trinajstić information content (AvgIpc) is 3.41. The first-order valence-electron chi connectivity index (χ1n) is 9.78. The van der Waals surface area contributed by atoms with Crippen LogP contribution in [0.5, 0.6) is 0 Å². The van der Waals surface area contributed by atoms with Crippen LogP contribution in [0, 0.1) is 0 Å². The van der Waals surface area contributed by atoms with Crippen LogP contribution in [-0.4, -0.2) is 34.5 Å². The second-order valence-corrected chi connectivity index (χ2v) is 7.40. The number of rotatable bonds is 5. The summed E-state index contributed by atoms with van der Waals surface area (Å²) >= 11 is 0. The van der Waals surface area contributed by atoms with Crippen molar-refractivity contribution in [2.24, 2.45) is 14.1 Å². The number of hydrogen-bond acceptors (Lipinski definition) is 7. The number of nitrogens with one attached hydrogen (secondary N) is 1. The number of hydrogen-bond donors (Lipinski definition) is 2. The summed E-state index contributed by atoms with van der Waals surface area (Å²) in [5.41, 5.74) is 11.7. The first-order valence-corrected chi connectivity index (χ1v) is 9.78. The molecule has 9 nitrogen and oxygen atoms in total. The fourth-order valence-electron chi connectivity index (χ4n) is 3.43. The van der Waals surface area contributed by atoms with Crippen molar-refractivity contribution in [3.05, 3.63) is 67.0 Å². The van der Waals surface area contributed by atoms with Gasteiger partial charge in [-0.25, -0.2) is 9.97 Å². The Balaban J connectivity index is 1.39. The maximum Gasteiger partial charge on any atom is 0.169 e. The summed E-state index contributed by atoms with van der Waals surface area (Å²) in [4.78, 5) is 13.5. The molecule has 5 aromatic rings. The molecular weight excluding hydrogens is 390 g/mol. The lowest BCUT2D eigenvalue weighted by molar-refractivity contribution is 0.768. The molecule has 5 rings (SSSR count). The summed E-state index contributed by atoms with van der Waals surface area (Å²) in [6.07, 6.45) is 11.0. The number of fused-ring (bicyclic) bond motifs is 1. The molecule has 0 aliphatic heterocycles. The minimum Gasteiger partial charge on any atom is -0.381 e. The molecule has 3 N–H and O–H groups in total. The standard InChI is InChI=1S/C22H21N9/c1-30-12-17(9-27-30)16-6-15-5-14(3-4-19(15)24-8-16)7-26-22-21(23)25-11-20(29-22)18-10-28-31(2)13-18/h3-6,8-13H,7H2,1-2H3,(H2,23,25)(H,26,29). The van der Waals surface area contributed by atoms with Crippen LogP contribution in [0.3, 0.4) is 0 Å². The minimum atomic E-state index is 0.356. The third-order valence-electron chi connectivity index (χ3n) is 5.05. The molecule has 0 radical (unpaired) electrons. The van der Waals surface area contributed by atoms with E-state index in [0.29, 0.717) is 23.9 Å². The van der Waals surface area contributed by atoms with Gasteiger partial charge in [-0.15, -0.1) is 0 Å². The third kappa shape index (κ3) is 3.80. The van der Waals surface area contributed by atoms with Crippen molar-refractivity contribution in [3.63, 3.8) is 0 Å². The van der Waals surface area contributed by atoms with Crippen LogP contribution in [0.4, 0.5) is 11.6 Å². The Morgan fingerprint density at radius 2 is 1.65 bits per heavy atom. The van der Waals surface area contributed by atoms with Gasteiger partial charge >= 0.3 is 0 Å². The maximum atomic E-state index is 6.04. The molecule has 4 heterocycles. The van der Waals surface area contributed by atoms with Crippen molar-refractivity contribution in [3.8, 4) is 22.4 Å². The number of aryl methyl sites for hydroxylation is 2. The number of nitrogens with zero attached hydrogens (tertiary/aromatic N) is 7. The van der Waals surface area contributed by atoms with Gasteiger partial charge in [0.05, 0.1) is 29.8 Å². The van der Waals surface area contributed by atoms with E-state index < -0.39 is 0 Å². The number of nitrogens with two attached hydrogens (primary N) is 1. The second-order valence-electron chi connectivity index (χ2n) is 7.40. The fraction of sp³-hybridized carbons (Fsp3) is 0.136. The number of nitrogen functional groups attached to an aromatic ring is 1. The molecule has 0 amide bonds. The van der Waals surface area contributed by atoms with E-state index in [0.717, 1.165) is 33.2 Å². The highest BCUT2D eigenvalue weighted by atomic mass is 15.2. The highest BCUT2D eigenvalue weighted by Gasteiger charge is 2.09. The van der Waals surface area contributed by atoms with Crippen LogP contribution >= 0.6 is 0 Å². The molecule has 0 saturated heterocycles. The number of pyridine rings is 1. The van der Waals surface area contributed by atoms with Crippen molar-refractivity contribution in [1.29, 1.82) is 0 Å². The van der Waals surface area contributed by atoms with E-state index in [4.69, 9.17) is 5.73 Å². The van der Waals surface area contributed by atoms with Crippen molar-refractivity contribution >= 4 is 22.5 Å². The Morgan fingerprint density at radius 1 is 0.871 bits per heavy atom. The lowest BCUT2D eigenvalue weighted by atomic mass is 10.1. The van der Waals surface area contributed by atoms with E-state index >= 15 is 0 Å². The molecule has 0 bridgehead atoms. The highest BCUT2D eigenvalue weighted by molar-refractivity contribution is 5.84. The van der Waals surface area contributed by atoms with Crippen LogP contribution < -0.4 is 11.1 Å². The number of benzene rings is 1. The Bertz CT molecular complexity index is 1380. The van der Waals surface area contributed by atoms with E-state index in [1.54, 1.807) is 21.8 Å². The second kappa shape index (κ2) is 7.52. The van der Waals surface area contributed by atoms with Crippen molar-refractivity contribution < 1.29 is 0 Å². The van der Waals surface area contributed by atoms with Crippen LogP contribution in [0.1, 0.15) is 5.56 Å². The quantitative estimate of drug-likeness (QED) is 0.457. The SMILES string of the molecule is Cn1cc(-c2cnc3ccc(CNc4nc(-c5cnn(C)c5)cnc4N)cc3c2)cn1. The van der Waals surface area contributed by atoms with Gasteiger partial charge in [0.15, 0.2) is 11.6 Å². The smallest absolute Gasteiger partial charge is 0.169 e. The zero-order valence-electron chi connectivity index (χ0n) is 17.2. The van der Waals surface area contributed by atoms with Gasteiger partial charge in [0, 0.05) is 61.3 Å². The molecule has 0 spiro atoms. The summed E-state index contributed by atoms with van der Waals surface area (Å²) < 4.78 is 3.51. The minimum absolute atomic E-state index is 0.356. The van der Waals surface area contributed by atoms with Crippen molar-refractivity contribution in [2.45, 2.75) is 6.54 Å². The van der Waals surface area contributed by atoms with Crippen LogP contribution in [0.25, 0.3) is 33.3 Å². The molecule has 31 heavy (non-hydrogen) atoms. The summed E-state index contributed by atoms with van der Waals surface area (Å²) in [6.45, 7) is 0.558. The van der Waals surface area contributed by atoms with Gasteiger partial charge in [0.25, 0.3) is 0 Å². The number of aromatic nitrogens is 7. The molecule has 0 aliphatic carbocycles. The first-order chi connectivity index (χ1) is 15.0. The summed E-state index contributed by atoms with van der Waals surface area (Å²) in [7, 11) is 3.77. The van der Waals surface area contributed by atoms with E-state index in [1.165, 1.54) is 0 Å². The third-order valence-corrected chi connectivity index (χ3v) is 5.05. The Morgan fingerprint density at radius 3 is 2.39 bits per heavy atom. The molecular formula is C22H21N9. The molecule has 4 aromatic heterocycles. The molecule has 0 atom stereocenters. The lowest BCUT2D eigenvalue weighted by Crippen LogP contribution is -2.06. The Hall–Kier alpha value is -4.27. The van der Waals surface area contributed by atoms with Gasteiger partial charge in [0.2, 0.25) is 0 Å². The summed E-state index contributed by atoms with van der Waals surface area (Å²) in [6, 6.07) is 8.30. The van der Waals surface area contributed by atoms with E-state index in [2.05, 4.69) is 42.6 Å². The van der Waals surface area contributed by atoms with E-state index in [-0.39, 0.29) is 0 Å². The first kappa shape index (κ1) is 18.7. The molecule has 0 fully saturated rings. The maximum absolute atomic E-state index is 6.04. The molecule has 0 saturated carbocycles. The van der Waals surface area contributed by atoms with E-state index in [9.17, 15) is 0 Å². The Labute approximate surface area is 178 Å². The van der Waals surface area contributed by atoms with E-state index in [1.807, 2.05) is 51.0 Å². The topological polar surface area (TPSA) is 112 Å². The predicted octanol–water partition coefficient (Wildman–Crippen LogP) is 3.02. The number of anilines is 2. The average molecular weight is 411 g/mol. The highest BCUT2D eigenvalue weighted by Crippen LogP contribution is 2.24. The monoisotopic (exact) mass is 411 g/mol. The zero-order chi connectivity index (χ0) is 21.4. The molecule has 0 aliphatic rings. The van der Waals surface area contributed by atoms with Crippen LogP contribution in [-0.2, 0) is 20.6 Å². The van der Waals surface area contributed by atoms with Gasteiger partial charge in [-0.3, -0.25) is 14.3 Å². The van der Waals surface area contributed by atoms with Gasteiger partial charge < -0.3 is 11.1 Å². The van der Waals surface area contributed by atoms with Gasteiger partial charge in [-0.1, -0.05) is 6.07 Å². The molecule has 0 unspecified atom stereocenters. The largest absolute Gasteiger partial charge is 0.381 e. The van der Waals surface area contributed by atoms with Crippen LogP contribution in [0.2, 0.25) is 0 Å². The Kier molecular flexibility index (Phi) is 4.55. The van der Waals surface area contributed by atoms with Crippen molar-refractivity contribution in [2.75, 3.05) is 11.1 Å². The predicted molar refractivity (Wildman–Crippen MR) is 120 cm³/mol.